The molecule has 0 radical (unpaired) electrons. The van der Waals surface area contributed by atoms with Gasteiger partial charge in [-0.1, -0.05) is 12.1 Å². The summed E-state index contributed by atoms with van der Waals surface area (Å²) in [6.07, 6.45) is 0. The van der Waals surface area contributed by atoms with Crippen molar-refractivity contribution in [2.75, 3.05) is 13.1 Å². The molecule has 4 N–H and O–H groups in total. The predicted molar refractivity (Wildman–Crippen MR) is 80.0 cm³/mol. The van der Waals surface area contributed by atoms with Crippen molar-refractivity contribution in [1.29, 1.82) is 0 Å². The van der Waals surface area contributed by atoms with E-state index in [1.54, 1.807) is 18.2 Å². The topological polar surface area (TPSA) is 118 Å². The number of benzene rings is 2. The van der Waals surface area contributed by atoms with Gasteiger partial charge in [-0.3, -0.25) is 14.9 Å². The maximum atomic E-state index is 12.3. The van der Waals surface area contributed by atoms with E-state index < -0.39 is 21.8 Å². The molecule has 1 aliphatic rings. The van der Waals surface area contributed by atoms with E-state index in [1.807, 2.05) is 0 Å². The van der Waals surface area contributed by atoms with E-state index >= 15 is 0 Å². The zero-order chi connectivity index (χ0) is 15.9. The van der Waals surface area contributed by atoms with E-state index in [1.165, 1.54) is 12.1 Å². The lowest BCUT2D eigenvalue weighted by atomic mass is 9.95. The van der Waals surface area contributed by atoms with Gasteiger partial charge >= 0.3 is 0 Å². The third kappa shape index (κ3) is 2.17. The molecule has 0 saturated heterocycles. The highest BCUT2D eigenvalue weighted by atomic mass is 32.2. The molecule has 2 aromatic rings. The average Bonchev–Trinajstić information content (AvgIpc) is 2.50. The average molecular weight is 319 g/mol. The highest BCUT2D eigenvalue weighted by Crippen LogP contribution is 2.31. The van der Waals surface area contributed by atoms with Crippen LogP contribution in [0.1, 0.15) is 20.7 Å². The quantitative estimate of drug-likeness (QED) is 0.683. The molecule has 0 saturated carbocycles. The van der Waals surface area contributed by atoms with Gasteiger partial charge in [-0.2, -0.15) is 0 Å². The van der Waals surface area contributed by atoms with Crippen LogP contribution in [0, 0.1) is 0 Å². The standard InChI is InChI=1S/C14H13N3O4S/c15-6-7-16-22(20,21)11-5-4-10-12-8(11)2-1-3-9(12)13(18)17-14(10)19/h1-5,16H,6-7,15H2,(H,17,18,19). The smallest absolute Gasteiger partial charge is 0.258 e. The van der Waals surface area contributed by atoms with Crippen LogP contribution in [-0.4, -0.2) is 33.3 Å². The van der Waals surface area contributed by atoms with E-state index in [0.717, 1.165) is 0 Å². The second-order valence-electron chi connectivity index (χ2n) is 4.81. The first kappa shape index (κ1) is 14.6. The lowest BCUT2D eigenvalue weighted by molar-refractivity contribution is 0.0845. The number of rotatable bonds is 4. The van der Waals surface area contributed by atoms with Gasteiger partial charge < -0.3 is 5.73 Å². The van der Waals surface area contributed by atoms with Crippen LogP contribution in [0.4, 0.5) is 0 Å². The van der Waals surface area contributed by atoms with Gasteiger partial charge in [0, 0.05) is 35.0 Å². The fourth-order valence-corrected chi connectivity index (χ4v) is 3.75. The van der Waals surface area contributed by atoms with Crippen molar-refractivity contribution in [2.24, 2.45) is 5.73 Å². The number of hydrogen-bond donors (Lipinski definition) is 3. The Morgan fingerprint density at radius 2 is 1.73 bits per heavy atom. The number of carbonyl (C=O) groups is 2. The molecule has 0 bridgehead atoms. The maximum Gasteiger partial charge on any atom is 0.258 e. The van der Waals surface area contributed by atoms with Crippen molar-refractivity contribution in [3.8, 4) is 0 Å². The van der Waals surface area contributed by atoms with Crippen LogP contribution in [0.15, 0.2) is 35.2 Å². The molecule has 2 aromatic carbocycles. The summed E-state index contributed by atoms with van der Waals surface area (Å²) in [5.41, 5.74) is 5.88. The molecular weight excluding hydrogens is 306 g/mol. The Hall–Kier alpha value is -2.29. The van der Waals surface area contributed by atoms with E-state index in [9.17, 15) is 18.0 Å². The molecule has 0 aliphatic carbocycles. The molecule has 3 rings (SSSR count). The molecule has 0 aromatic heterocycles. The van der Waals surface area contributed by atoms with Crippen LogP contribution in [0.2, 0.25) is 0 Å². The number of amides is 2. The van der Waals surface area contributed by atoms with Crippen LogP contribution < -0.4 is 15.8 Å². The molecule has 22 heavy (non-hydrogen) atoms. The van der Waals surface area contributed by atoms with Gasteiger partial charge in [0.15, 0.2) is 0 Å². The van der Waals surface area contributed by atoms with Gasteiger partial charge in [0.2, 0.25) is 10.0 Å². The van der Waals surface area contributed by atoms with Gasteiger partial charge in [0.25, 0.3) is 11.8 Å². The molecule has 2 amide bonds. The minimum absolute atomic E-state index is 0.0176. The largest absolute Gasteiger partial charge is 0.329 e. The summed E-state index contributed by atoms with van der Waals surface area (Å²) in [4.78, 5) is 23.8. The Bertz CT molecular complexity index is 885. The predicted octanol–water partition coefficient (Wildman–Crippen LogP) is -0.0396. The summed E-state index contributed by atoms with van der Waals surface area (Å²) in [5, 5.41) is 2.92. The lowest BCUT2D eigenvalue weighted by Crippen LogP contribution is -2.35. The fourth-order valence-electron chi connectivity index (χ4n) is 2.50. The van der Waals surface area contributed by atoms with E-state index in [0.29, 0.717) is 10.8 Å². The molecule has 114 valence electrons. The summed E-state index contributed by atoms with van der Waals surface area (Å²) in [5.74, 6) is -1.07. The van der Waals surface area contributed by atoms with Crippen molar-refractivity contribution < 1.29 is 18.0 Å². The summed E-state index contributed by atoms with van der Waals surface area (Å²) < 4.78 is 27.1. The molecule has 8 heteroatoms. The van der Waals surface area contributed by atoms with Gasteiger partial charge in [-0.15, -0.1) is 0 Å². The van der Waals surface area contributed by atoms with Crippen LogP contribution in [0.5, 0.6) is 0 Å². The monoisotopic (exact) mass is 319 g/mol. The molecule has 1 heterocycles. The number of imide groups is 1. The van der Waals surface area contributed by atoms with Crippen molar-refractivity contribution >= 4 is 32.6 Å². The Balaban J connectivity index is 2.32. The Labute approximate surface area is 126 Å². The van der Waals surface area contributed by atoms with E-state index in [2.05, 4.69) is 10.0 Å². The Morgan fingerprint density at radius 3 is 2.41 bits per heavy atom. The fraction of sp³-hybridized carbons (Fsp3) is 0.143. The maximum absolute atomic E-state index is 12.3. The van der Waals surface area contributed by atoms with Crippen LogP contribution in [-0.2, 0) is 10.0 Å². The van der Waals surface area contributed by atoms with Crippen molar-refractivity contribution in [3.05, 3.63) is 41.5 Å². The van der Waals surface area contributed by atoms with Gasteiger partial charge in [-0.25, -0.2) is 13.1 Å². The molecule has 0 spiro atoms. The van der Waals surface area contributed by atoms with E-state index in [4.69, 9.17) is 5.73 Å². The first-order valence-electron chi connectivity index (χ1n) is 6.57. The third-order valence-corrected chi connectivity index (χ3v) is 4.96. The first-order chi connectivity index (χ1) is 10.5. The molecule has 0 atom stereocenters. The number of hydrogen-bond acceptors (Lipinski definition) is 5. The molecule has 1 aliphatic heterocycles. The number of nitrogens with two attached hydrogens (primary N) is 1. The van der Waals surface area contributed by atoms with Crippen LogP contribution >= 0.6 is 0 Å². The molecule has 0 unspecified atom stereocenters. The summed E-state index contributed by atoms with van der Waals surface area (Å²) >= 11 is 0. The highest BCUT2D eigenvalue weighted by Gasteiger charge is 2.28. The van der Waals surface area contributed by atoms with Crippen LogP contribution in [0.25, 0.3) is 10.8 Å². The van der Waals surface area contributed by atoms with Crippen molar-refractivity contribution in [1.82, 2.24) is 10.0 Å². The number of carbonyl (C=O) groups excluding carboxylic acids is 2. The summed E-state index contributed by atoms with van der Waals surface area (Å²) in [6, 6.07) is 7.47. The highest BCUT2D eigenvalue weighted by molar-refractivity contribution is 7.89. The third-order valence-electron chi connectivity index (χ3n) is 3.44. The van der Waals surface area contributed by atoms with E-state index in [-0.39, 0.29) is 29.1 Å². The van der Waals surface area contributed by atoms with Gasteiger partial charge in [0.1, 0.15) is 0 Å². The molecular formula is C14H13N3O4S. The van der Waals surface area contributed by atoms with Crippen molar-refractivity contribution in [3.63, 3.8) is 0 Å². The summed E-state index contributed by atoms with van der Waals surface area (Å²) in [7, 11) is -3.77. The zero-order valence-corrected chi connectivity index (χ0v) is 12.2. The van der Waals surface area contributed by atoms with Gasteiger partial charge in [-0.05, 0) is 18.2 Å². The Kier molecular flexibility index (Phi) is 3.44. The van der Waals surface area contributed by atoms with Gasteiger partial charge in [0.05, 0.1) is 4.90 Å². The second-order valence-corrected chi connectivity index (χ2v) is 6.54. The number of sulfonamides is 1. The SMILES string of the molecule is NCCNS(=O)(=O)c1ccc2c3c(cccc13)C(=O)NC2=O. The zero-order valence-electron chi connectivity index (χ0n) is 11.4. The Morgan fingerprint density at radius 1 is 1.05 bits per heavy atom. The summed E-state index contributed by atoms with van der Waals surface area (Å²) in [6.45, 7) is 0.270. The van der Waals surface area contributed by atoms with Crippen LogP contribution in [0.3, 0.4) is 0 Å². The normalized spacial score (nSPS) is 14.2. The minimum Gasteiger partial charge on any atom is -0.329 e. The van der Waals surface area contributed by atoms with Crippen molar-refractivity contribution in [2.45, 2.75) is 4.90 Å². The molecule has 0 fully saturated rings. The second kappa shape index (κ2) is 5.16. The number of nitrogens with one attached hydrogen (secondary N) is 2. The minimum atomic E-state index is -3.77. The first-order valence-corrected chi connectivity index (χ1v) is 8.05. The molecule has 7 nitrogen and oxygen atoms in total. The lowest BCUT2D eigenvalue weighted by Gasteiger charge is -2.18.